The van der Waals surface area contributed by atoms with E-state index in [0.29, 0.717) is 23.9 Å². The Balaban J connectivity index is 4.10. The van der Waals surface area contributed by atoms with E-state index in [1.54, 1.807) is 0 Å². The number of nitrogens with zero attached hydrogens (tertiary/aromatic N) is 1. The van der Waals surface area contributed by atoms with Crippen LogP contribution in [-0.2, 0) is 32.7 Å². The number of allylic oxidation sites excluding steroid dienone is 14. The fourth-order valence-corrected chi connectivity index (χ4v) is 7.39. The molecule has 65 heavy (non-hydrogen) atoms. The van der Waals surface area contributed by atoms with Crippen molar-refractivity contribution in [2.24, 2.45) is 0 Å². The summed E-state index contributed by atoms with van der Waals surface area (Å²) in [5.74, 6) is -0.853. The zero-order valence-corrected chi connectivity index (χ0v) is 43.0. The molecule has 374 valence electrons. The second-order valence-corrected chi connectivity index (χ2v) is 19.6. The standard InChI is InChI=1S/C55H96NO8P/c1-6-8-10-12-14-16-18-19-20-21-22-23-24-25-26-27-28-29-30-31-32-33-34-35-36-37-38-40-42-44-46-48-55(58)64-53(52-63-65(59,60)62-50-49-56(3,4)5)51-61-54(57)47-45-43-41-39-17-15-13-11-9-7-2/h8,10-11,13-14,16,19-20,22-23,25-26,28-29,53H,6-7,9,12,15,17-18,21,24,27,30-52H2,1-5H3/b10-8-,13-11-,16-14-,20-19-,23-22-,26-25-,29-28-. The molecule has 2 atom stereocenters. The summed E-state index contributed by atoms with van der Waals surface area (Å²) in [6, 6.07) is 0. The van der Waals surface area contributed by atoms with E-state index in [9.17, 15) is 19.0 Å². The molecule has 9 nitrogen and oxygen atoms in total. The van der Waals surface area contributed by atoms with E-state index in [-0.39, 0.29) is 26.1 Å². The topological polar surface area (TPSA) is 111 Å². The number of carbonyl (C=O) groups excluding carboxylic acids is 2. The molecule has 0 saturated carbocycles. The first kappa shape index (κ1) is 62.2. The van der Waals surface area contributed by atoms with Crippen LogP contribution < -0.4 is 4.89 Å². The molecule has 0 aliphatic heterocycles. The minimum absolute atomic E-state index is 0.0356. The first-order valence-electron chi connectivity index (χ1n) is 25.8. The maximum atomic E-state index is 12.7. The molecule has 0 bridgehead atoms. The number of quaternary nitrogens is 1. The minimum Gasteiger partial charge on any atom is -0.756 e. The maximum absolute atomic E-state index is 12.7. The van der Waals surface area contributed by atoms with Crippen molar-refractivity contribution in [3.05, 3.63) is 85.1 Å². The van der Waals surface area contributed by atoms with Crippen molar-refractivity contribution in [3.8, 4) is 0 Å². The Morgan fingerprint density at radius 2 is 0.877 bits per heavy atom. The highest BCUT2D eigenvalue weighted by Crippen LogP contribution is 2.38. The summed E-state index contributed by atoms with van der Waals surface area (Å²) in [5, 5.41) is 0. The van der Waals surface area contributed by atoms with Crippen LogP contribution in [0.3, 0.4) is 0 Å². The van der Waals surface area contributed by atoms with Crippen LogP contribution in [0.1, 0.15) is 200 Å². The highest BCUT2D eigenvalue weighted by molar-refractivity contribution is 7.45. The number of phosphoric acid groups is 1. The number of hydrogen-bond acceptors (Lipinski definition) is 8. The third kappa shape index (κ3) is 50.4. The molecule has 0 aromatic carbocycles. The number of esters is 2. The molecule has 0 spiro atoms. The van der Waals surface area contributed by atoms with Crippen LogP contribution in [0.2, 0.25) is 0 Å². The van der Waals surface area contributed by atoms with Crippen LogP contribution in [0.25, 0.3) is 0 Å². The summed E-state index contributed by atoms with van der Waals surface area (Å²) in [5.41, 5.74) is 0. The Hall–Kier alpha value is -2.81. The molecule has 0 amide bonds. The molecule has 0 heterocycles. The van der Waals surface area contributed by atoms with Crippen molar-refractivity contribution in [1.82, 2.24) is 0 Å². The third-order valence-electron chi connectivity index (χ3n) is 10.6. The molecule has 0 aromatic heterocycles. The predicted molar refractivity (Wildman–Crippen MR) is 272 cm³/mol. The molecule has 0 N–H and O–H groups in total. The Kier molecular flexibility index (Phi) is 44.3. The molecule has 0 aromatic rings. The maximum Gasteiger partial charge on any atom is 0.306 e. The largest absolute Gasteiger partial charge is 0.756 e. The third-order valence-corrected chi connectivity index (χ3v) is 11.6. The van der Waals surface area contributed by atoms with E-state index in [1.165, 1.54) is 64.2 Å². The van der Waals surface area contributed by atoms with Gasteiger partial charge in [-0.25, -0.2) is 0 Å². The number of rotatable bonds is 46. The van der Waals surface area contributed by atoms with Crippen LogP contribution in [-0.4, -0.2) is 70.0 Å². The van der Waals surface area contributed by atoms with Crippen LogP contribution in [0.15, 0.2) is 85.1 Å². The number of carbonyl (C=O) groups is 2. The lowest BCUT2D eigenvalue weighted by atomic mass is 10.0. The molecule has 0 fully saturated rings. The van der Waals surface area contributed by atoms with Crippen molar-refractivity contribution < 1.29 is 42.1 Å². The number of phosphoric ester groups is 1. The highest BCUT2D eigenvalue weighted by Gasteiger charge is 2.21. The van der Waals surface area contributed by atoms with Gasteiger partial charge in [0.2, 0.25) is 0 Å². The fourth-order valence-electron chi connectivity index (χ4n) is 6.66. The normalized spacial score (nSPS) is 14.1. The van der Waals surface area contributed by atoms with Crippen LogP contribution in [0.5, 0.6) is 0 Å². The molecule has 0 aliphatic rings. The van der Waals surface area contributed by atoms with Gasteiger partial charge in [-0.1, -0.05) is 189 Å². The fraction of sp³-hybridized carbons (Fsp3) is 0.709. The average molecular weight is 930 g/mol. The van der Waals surface area contributed by atoms with Gasteiger partial charge >= 0.3 is 11.9 Å². The van der Waals surface area contributed by atoms with E-state index in [0.717, 1.165) is 96.3 Å². The Morgan fingerprint density at radius 3 is 1.32 bits per heavy atom. The van der Waals surface area contributed by atoms with Crippen molar-refractivity contribution in [1.29, 1.82) is 0 Å². The molecule has 0 saturated heterocycles. The zero-order chi connectivity index (χ0) is 47.8. The monoisotopic (exact) mass is 930 g/mol. The lowest BCUT2D eigenvalue weighted by Crippen LogP contribution is -2.37. The number of likely N-dealkylation sites (N-methyl/N-ethyl adjacent to an activating group) is 1. The van der Waals surface area contributed by atoms with Gasteiger partial charge in [0.1, 0.15) is 19.8 Å². The van der Waals surface area contributed by atoms with Gasteiger partial charge in [0.15, 0.2) is 6.10 Å². The van der Waals surface area contributed by atoms with E-state index in [4.69, 9.17) is 18.5 Å². The van der Waals surface area contributed by atoms with Gasteiger partial charge < -0.3 is 27.9 Å². The SMILES string of the molecule is CC/C=C\C/C=C\C/C=C\C/C=C\C/C=C\C/C=C\CCCCCCCCCCCCCCC(=O)OC(COC(=O)CCCCCCC/C=C\CCC)COP(=O)([O-])OCC[N+](C)(C)C. The summed E-state index contributed by atoms with van der Waals surface area (Å²) in [4.78, 5) is 37.6. The number of ether oxygens (including phenoxy) is 2. The van der Waals surface area contributed by atoms with Crippen molar-refractivity contribution in [2.45, 2.75) is 206 Å². The van der Waals surface area contributed by atoms with Gasteiger partial charge in [0, 0.05) is 12.8 Å². The smallest absolute Gasteiger partial charge is 0.306 e. The van der Waals surface area contributed by atoms with E-state index < -0.39 is 32.5 Å². The average Bonchev–Trinajstić information content (AvgIpc) is 3.26. The van der Waals surface area contributed by atoms with Gasteiger partial charge in [-0.3, -0.25) is 14.2 Å². The van der Waals surface area contributed by atoms with E-state index in [2.05, 4.69) is 98.9 Å². The Bertz CT molecular complexity index is 1380. The van der Waals surface area contributed by atoms with Gasteiger partial charge in [0.25, 0.3) is 7.82 Å². The quantitative estimate of drug-likeness (QED) is 0.0195. The second-order valence-electron chi connectivity index (χ2n) is 18.1. The van der Waals surface area contributed by atoms with Crippen LogP contribution in [0.4, 0.5) is 0 Å². The molecule has 0 aliphatic carbocycles. The van der Waals surface area contributed by atoms with E-state index in [1.807, 2.05) is 21.1 Å². The lowest BCUT2D eigenvalue weighted by molar-refractivity contribution is -0.870. The summed E-state index contributed by atoms with van der Waals surface area (Å²) in [6.45, 7) is 4.03. The molecule has 2 unspecified atom stereocenters. The molecule has 10 heteroatoms. The molecule has 0 rings (SSSR count). The predicted octanol–water partition coefficient (Wildman–Crippen LogP) is 14.9. The Morgan fingerprint density at radius 1 is 0.492 bits per heavy atom. The summed E-state index contributed by atoms with van der Waals surface area (Å²) >= 11 is 0. The van der Waals surface area contributed by atoms with E-state index >= 15 is 0 Å². The first-order chi connectivity index (χ1) is 31.5. The van der Waals surface area contributed by atoms with Crippen molar-refractivity contribution in [2.75, 3.05) is 47.5 Å². The van der Waals surface area contributed by atoms with Crippen LogP contribution >= 0.6 is 7.82 Å². The van der Waals surface area contributed by atoms with Gasteiger partial charge in [-0.2, -0.15) is 0 Å². The van der Waals surface area contributed by atoms with Crippen molar-refractivity contribution in [3.63, 3.8) is 0 Å². The van der Waals surface area contributed by atoms with Crippen LogP contribution in [0, 0.1) is 0 Å². The molecular weight excluding hydrogens is 834 g/mol. The molecule has 0 radical (unpaired) electrons. The molecular formula is C55H96NO8P. The summed E-state index contributed by atoms with van der Waals surface area (Å²) in [7, 11) is 1.15. The van der Waals surface area contributed by atoms with Gasteiger partial charge in [0.05, 0.1) is 27.7 Å². The van der Waals surface area contributed by atoms with Crippen molar-refractivity contribution >= 4 is 19.8 Å². The van der Waals surface area contributed by atoms with Gasteiger partial charge in [-0.05, 0) is 83.5 Å². The lowest BCUT2D eigenvalue weighted by Gasteiger charge is -2.28. The van der Waals surface area contributed by atoms with Gasteiger partial charge in [-0.15, -0.1) is 0 Å². The Labute approximate surface area is 399 Å². The number of unbranched alkanes of at least 4 members (excludes halogenated alkanes) is 18. The minimum atomic E-state index is -4.63. The summed E-state index contributed by atoms with van der Waals surface area (Å²) in [6.07, 6.45) is 60.6. The highest BCUT2D eigenvalue weighted by atomic mass is 31.2. The second kappa shape index (κ2) is 46.3. The number of hydrogen-bond donors (Lipinski definition) is 0. The zero-order valence-electron chi connectivity index (χ0n) is 42.2. The summed E-state index contributed by atoms with van der Waals surface area (Å²) < 4.78 is 33.9. The first-order valence-corrected chi connectivity index (χ1v) is 27.3.